The number of carbonyl (C=O) groups excluding carboxylic acids is 1. The fraction of sp³-hybridized carbons (Fsp3) is 0.385. The highest BCUT2D eigenvalue weighted by atomic mass is 35.5. The molecule has 5 rings (SSSR count). The molecule has 3 atom stereocenters. The third-order valence-corrected chi connectivity index (χ3v) is 7.13. The Morgan fingerprint density at radius 2 is 1.88 bits per heavy atom. The topological polar surface area (TPSA) is 58.8 Å². The van der Waals surface area contributed by atoms with Crippen molar-refractivity contribution in [3.8, 4) is 17.1 Å². The van der Waals surface area contributed by atoms with Gasteiger partial charge in [0.05, 0.1) is 0 Å². The van der Waals surface area contributed by atoms with E-state index in [0.717, 1.165) is 29.7 Å². The van der Waals surface area contributed by atoms with E-state index in [0.29, 0.717) is 29.4 Å². The minimum Gasteiger partial charge on any atom is -0.490 e. The van der Waals surface area contributed by atoms with Gasteiger partial charge in [-0.1, -0.05) is 28.9 Å². The Morgan fingerprint density at radius 1 is 1.15 bits per heavy atom. The van der Waals surface area contributed by atoms with E-state index in [2.05, 4.69) is 17.1 Å². The maximum atomic E-state index is 12.9. The summed E-state index contributed by atoms with van der Waals surface area (Å²) in [6.45, 7) is 0.456. The highest BCUT2D eigenvalue weighted by Crippen LogP contribution is 2.36. The number of fused-ring (bicyclic) bond motifs is 2. The maximum absolute atomic E-state index is 12.9. The number of rotatable bonds is 6. The second-order valence-electron chi connectivity index (χ2n) is 9.15. The van der Waals surface area contributed by atoms with Crippen LogP contribution in [0.1, 0.15) is 41.7 Å². The molecule has 0 radical (unpaired) electrons. The van der Waals surface area contributed by atoms with Crippen LogP contribution in [0.15, 0.2) is 59.1 Å². The summed E-state index contributed by atoms with van der Waals surface area (Å²) in [6.07, 6.45) is 4.97. The van der Waals surface area contributed by atoms with Gasteiger partial charge in [-0.3, -0.25) is 4.79 Å². The Labute approximate surface area is 199 Å². The van der Waals surface area contributed by atoms with E-state index in [4.69, 9.17) is 20.9 Å². The monoisotopic (exact) mass is 465 g/mol. The number of piperidine rings is 1. The SMILES string of the molecule is CN(Cc1cccc(O[C@@H]2C[C@H]3CC[C@@H](C2)N3C)c1)C(=O)c1cc(-c2ccc(Cl)cc2)on1. The second kappa shape index (κ2) is 9.20. The molecule has 2 bridgehead atoms. The number of nitrogens with zero attached hydrogens (tertiary/aromatic N) is 3. The molecule has 0 aliphatic carbocycles. The molecule has 0 spiro atoms. The molecule has 33 heavy (non-hydrogen) atoms. The molecule has 0 unspecified atom stereocenters. The Bertz CT molecular complexity index is 1120. The average Bonchev–Trinajstić information content (AvgIpc) is 3.36. The van der Waals surface area contributed by atoms with Crippen molar-refractivity contribution >= 4 is 17.5 Å². The zero-order valence-electron chi connectivity index (χ0n) is 18.9. The van der Waals surface area contributed by atoms with Gasteiger partial charge in [0.15, 0.2) is 11.5 Å². The summed E-state index contributed by atoms with van der Waals surface area (Å²) in [5.74, 6) is 1.21. The fourth-order valence-electron chi connectivity index (χ4n) is 5.03. The van der Waals surface area contributed by atoms with Crippen molar-refractivity contribution < 1.29 is 14.1 Å². The Balaban J connectivity index is 1.21. The van der Waals surface area contributed by atoms with E-state index in [-0.39, 0.29) is 17.7 Å². The third-order valence-electron chi connectivity index (χ3n) is 6.88. The van der Waals surface area contributed by atoms with Gasteiger partial charge in [0.2, 0.25) is 0 Å². The van der Waals surface area contributed by atoms with Crippen molar-refractivity contribution in [3.05, 3.63) is 70.9 Å². The lowest BCUT2D eigenvalue weighted by Gasteiger charge is -2.36. The highest BCUT2D eigenvalue weighted by molar-refractivity contribution is 6.30. The lowest BCUT2D eigenvalue weighted by molar-refractivity contribution is 0.0659. The quantitative estimate of drug-likeness (QED) is 0.496. The number of hydrogen-bond acceptors (Lipinski definition) is 5. The van der Waals surface area contributed by atoms with Crippen LogP contribution in [0.2, 0.25) is 5.02 Å². The third kappa shape index (κ3) is 4.77. The molecule has 3 aromatic rings. The molecule has 7 heteroatoms. The first kappa shape index (κ1) is 22.0. The van der Waals surface area contributed by atoms with E-state index in [1.165, 1.54) is 12.8 Å². The lowest BCUT2D eigenvalue weighted by Crippen LogP contribution is -2.43. The van der Waals surface area contributed by atoms with Crippen LogP contribution in [0.5, 0.6) is 5.75 Å². The molecule has 1 amide bonds. The zero-order valence-corrected chi connectivity index (χ0v) is 19.7. The lowest BCUT2D eigenvalue weighted by atomic mass is 10.0. The summed E-state index contributed by atoms with van der Waals surface area (Å²) >= 11 is 5.94. The zero-order chi connectivity index (χ0) is 22.9. The average molecular weight is 466 g/mol. The summed E-state index contributed by atoms with van der Waals surface area (Å²) in [5, 5.41) is 4.61. The molecule has 2 saturated heterocycles. The molecule has 0 N–H and O–H groups in total. The molecular formula is C26H28ClN3O3. The van der Waals surface area contributed by atoms with Gasteiger partial charge in [-0.2, -0.15) is 0 Å². The molecule has 6 nitrogen and oxygen atoms in total. The van der Waals surface area contributed by atoms with Crippen LogP contribution < -0.4 is 4.74 Å². The van der Waals surface area contributed by atoms with E-state index < -0.39 is 0 Å². The molecule has 3 heterocycles. The van der Waals surface area contributed by atoms with Crippen molar-refractivity contribution in [2.45, 2.75) is 50.4 Å². The molecule has 2 fully saturated rings. The van der Waals surface area contributed by atoms with Gasteiger partial charge in [0.1, 0.15) is 11.9 Å². The van der Waals surface area contributed by atoms with Gasteiger partial charge in [0.25, 0.3) is 5.91 Å². The number of aromatic nitrogens is 1. The van der Waals surface area contributed by atoms with Gasteiger partial charge < -0.3 is 19.1 Å². The van der Waals surface area contributed by atoms with Crippen molar-refractivity contribution in [3.63, 3.8) is 0 Å². The standard InChI is InChI=1S/C26H28ClN3O3/c1-29(26(31)24-15-25(33-28-24)18-6-8-19(27)9-7-18)16-17-4-3-5-22(12-17)32-23-13-20-10-11-21(14-23)30(20)2/h3-9,12,15,20-21,23H,10-11,13-14,16H2,1-2H3/t20-,21+,23-. The van der Waals surface area contributed by atoms with Crippen molar-refractivity contribution in [2.75, 3.05) is 14.1 Å². The first-order valence-electron chi connectivity index (χ1n) is 11.4. The van der Waals surface area contributed by atoms with Crippen LogP contribution in [-0.2, 0) is 6.54 Å². The predicted octanol–water partition coefficient (Wildman–Crippen LogP) is 5.27. The maximum Gasteiger partial charge on any atom is 0.276 e. The first-order chi connectivity index (χ1) is 16.0. The number of ether oxygens (including phenoxy) is 1. The van der Waals surface area contributed by atoms with Crippen molar-refractivity contribution in [2.24, 2.45) is 0 Å². The molecule has 2 aromatic carbocycles. The second-order valence-corrected chi connectivity index (χ2v) is 9.59. The summed E-state index contributed by atoms with van der Waals surface area (Å²) in [4.78, 5) is 17.1. The largest absolute Gasteiger partial charge is 0.490 e. The number of hydrogen-bond donors (Lipinski definition) is 0. The highest BCUT2D eigenvalue weighted by Gasteiger charge is 2.39. The molecule has 1 aromatic heterocycles. The van der Waals surface area contributed by atoms with Crippen LogP contribution in [0.3, 0.4) is 0 Å². The van der Waals surface area contributed by atoms with Crippen LogP contribution >= 0.6 is 11.6 Å². The van der Waals surface area contributed by atoms with Crippen LogP contribution in [0.4, 0.5) is 0 Å². The fourth-order valence-corrected chi connectivity index (χ4v) is 5.16. The summed E-state index contributed by atoms with van der Waals surface area (Å²) < 4.78 is 11.7. The number of carbonyl (C=O) groups is 1. The minimum atomic E-state index is -0.197. The van der Waals surface area contributed by atoms with Gasteiger partial charge in [-0.05, 0) is 74.7 Å². The molecule has 2 aliphatic rings. The van der Waals surface area contributed by atoms with E-state index in [9.17, 15) is 4.79 Å². The Morgan fingerprint density at radius 3 is 2.61 bits per heavy atom. The van der Waals surface area contributed by atoms with Crippen LogP contribution in [0.25, 0.3) is 11.3 Å². The van der Waals surface area contributed by atoms with E-state index >= 15 is 0 Å². The van der Waals surface area contributed by atoms with Gasteiger partial charge in [-0.15, -0.1) is 0 Å². The molecular weight excluding hydrogens is 438 g/mol. The first-order valence-corrected chi connectivity index (χ1v) is 11.8. The summed E-state index contributed by atoms with van der Waals surface area (Å²) in [6, 6.07) is 18.2. The number of halogens is 1. The van der Waals surface area contributed by atoms with Crippen LogP contribution in [-0.4, -0.2) is 53.1 Å². The normalized spacial score (nSPS) is 22.3. The molecule has 172 valence electrons. The van der Waals surface area contributed by atoms with E-state index in [1.807, 2.05) is 36.4 Å². The van der Waals surface area contributed by atoms with Gasteiger partial charge in [-0.25, -0.2) is 0 Å². The van der Waals surface area contributed by atoms with Gasteiger partial charge >= 0.3 is 0 Å². The Kier molecular flexibility index (Phi) is 6.13. The predicted molar refractivity (Wildman–Crippen MR) is 127 cm³/mol. The van der Waals surface area contributed by atoms with E-state index in [1.54, 1.807) is 30.1 Å². The van der Waals surface area contributed by atoms with Gasteiger partial charge in [0, 0.05) is 42.3 Å². The van der Waals surface area contributed by atoms with Crippen LogP contribution in [0, 0.1) is 0 Å². The van der Waals surface area contributed by atoms with Crippen molar-refractivity contribution in [1.82, 2.24) is 15.0 Å². The minimum absolute atomic E-state index is 0.197. The molecule has 2 aliphatic heterocycles. The van der Waals surface area contributed by atoms with Crippen molar-refractivity contribution in [1.29, 1.82) is 0 Å². The number of benzene rings is 2. The summed E-state index contributed by atoms with van der Waals surface area (Å²) in [5.41, 5.74) is 2.11. The smallest absolute Gasteiger partial charge is 0.276 e. The Hall–Kier alpha value is -2.83. The number of amides is 1. The summed E-state index contributed by atoms with van der Waals surface area (Å²) in [7, 11) is 4.00. The molecule has 0 saturated carbocycles.